The minimum atomic E-state index is -3.95. The number of benzene rings is 2. The van der Waals surface area contributed by atoms with Crippen molar-refractivity contribution in [1.29, 1.82) is 0 Å². The molecule has 2 rings (SSSR count). The molecule has 138 valence electrons. The van der Waals surface area contributed by atoms with Crippen molar-refractivity contribution in [3.63, 3.8) is 0 Å². The van der Waals surface area contributed by atoms with E-state index >= 15 is 0 Å². The van der Waals surface area contributed by atoms with Gasteiger partial charge < -0.3 is 4.74 Å². The van der Waals surface area contributed by atoms with Crippen LogP contribution < -0.4 is 4.72 Å². The van der Waals surface area contributed by atoms with Crippen molar-refractivity contribution in [1.82, 2.24) is 4.72 Å². The molecule has 1 atom stereocenters. The number of ether oxygens (including phenoxy) is 1. The highest BCUT2D eigenvalue weighted by Gasteiger charge is 2.24. The summed E-state index contributed by atoms with van der Waals surface area (Å²) in [6, 6.07) is 11.9. The van der Waals surface area contributed by atoms with E-state index < -0.39 is 22.0 Å². The molecule has 0 aliphatic heterocycles. The molecule has 0 bridgehead atoms. The second-order valence-electron chi connectivity index (χ2n) is 5.59. The van der Waals surface area contributed by atoms with Gasteiger partial charge in [-0.05, 0) is 36.8 Å². The maximum absolute atomic E-state index is 12.7. The summed E-state index contributed by atoms with van der Waals surface area (Å²) in [5, 5.41) is 0. The average Bonchev–Trinajstić information content (AvgIpc) is 2.61. The Labute approximate surface area is 160 Å². The highest BCUT2D eigenvalue weighted by Crippen LogP contribution is 2.23. The number of esters is 1. The van der Waals surface area contributed by atoms with Crippen LogP contribution in [-0.4, -0.2) is 27.3 Å². The van der Waals surface area contributed by atoms with Crippen LogP contribution in [0.4, 0.5) is 0 Å². The van der Waals surface area contributed by atoms with Crippen LogP contribution in [0.5, 0.6) is 0 Å². The van der Waals surface area contributed by atoms with Crippen LogP contribution in [0.2, 0.25) is 0 Å². The predicted octanol–water partition coefficient (Wildman–Crippen LogP) is 3.23. The third-order valence-corrected chi connectivity index (χ3v) is 5.72. The molecular weight excluding hydrogens is 422 g/mol. The maximum Gasteiger partial charge on any atom is 0.307 e. The van der Waals surface area contributed by atoms with Gasteiger partial charge in [-0.25, -0.2) is 13.1 Å². The number of hydrogen-bond donors (Lipinski definition) is 1. The first-order chi connectivity index (χ1) is 12.2. The fourth-order valence-corrected chi connectivity index (χ4v) is 3.84. The lowest BCUT2D eigenvalue weighted by Crippen LogP contribution is -2.30. The molecule has 0 radical (unpaired) electrons. The van der Waals surface area contributed by atoms with E-state index in [1.54, 1.807) is 30.3 Å². The van der Waals surface area contributed by atoms with Gasteiger partial charge in [0, 0.05) is 10.0 Å². The molecule has 0 aromatic heterocycles. The van der Waals surface area contributed by atoms with Crippen molar-refractivity contribution in [2.75, 3.05) is 7.11 Å². The summed E-state index contributed by atoms with van der Waals surface area (Å²) >= 11 is 3.32. The van der Waals surface area contributed by atoms with E-state index in [1.807, 2.05) is 0 Å². The Morgan fingerprint density at radius 2 is 1.81 bits per heavy atom. The zero-order valence-electron chi connectivity index (χ0n) is 14.2. The van der Waals surface area contributed by atoms with E-state index in [0.717, 1.165) is 4.47 Å². The van der Waals surface area contributed by atoms with Crippen molar-refractivity contribution >= 4 is 37.7 Å². The number of nitrogens with one attached hydrogen (secondary N) is 1. The van der Waals surface area contributed by atoms with E-state index in [2.05, 4.69) is 25.4 Å². The minimum Gasteiger partial charge on any atom is -0.469 e. The third kappa shape index (κ3) is 5.23. The molecule has 0 saturated carbocycles. The van der Waals surface area contributed by atoms with Crippen molar-refractivity contribution in [2.45, 2.75) is 24.3 Å². The fraction of sp³-hybridized carbons (Fsp3) is 0.222. The van der Waals surface area contributed by atoms with E-state index in [0.29, 0.717) is 11.1 Å². The van der Waals surface area contributed by atoms with Gasteiger partial charge in [0.25, 0.3) is 0 Å². The molecule has 26 heavy (non-hydrogen) atoms. The summed E-state index contributed by atoms with van der Waals surface area (Å²) in [4.78, 5) is 23.2. The molecule has 2 aromatic carbocycles. The van der Waals surface area contributed by atoms with Crippen molar-refractivity contribution < 1.29 is 22.7 Å². The van der Waals surface area contributed by atoms with Gasteiger partial charge in [0.05, 0.1) is 24.5 Å². The zero-order valence-corrected chi connectivity index (χ0v) is 16.6. The maximum atomic E-state index is 12.7. The first kappa shape index (κ1) is 20.3. The third-order valence-electron chi connectivity index (χ3n) is 3.72. The van der Waals surface area contributed by atoms with Crippen molar-refractivity contribution in [2.24, 2.45) is 0 Å². The van der Waals surface area contributed by atoms with Crippen molar-refractivity contribution in [3.8, 4) is 0 Å². The summed E-state index contributed by atoms with van der Waals surface area (Å²) in [6.45, 7) is 1.36. The molecule has 0 heterocycles. The van der Waals surface area contributed by atoms with Gasteiger partial charge in [-0.2, -0.15) is 0 Å². The monoisotopic (exact) mass is 439 g/mol. The fourth-order valence-electron chi connectivity index (χ4n) is 2.31. The van der Waals surface area contributed by atoms with E-state index in [9.17, 15) is 18.0 Å². The Balaban J connectivity index is 2.36. The lowest BCUT2D eigenvalue weighted by atomic mass is 10.1. The zero-order chi connectivity index (χ0) is 19.3. The summed E-state index contributed by atoms with van der Waals surface area (Å²) in [6.07, 6.45) is -0.163. The average molecular weight is 440 g/mol. The SMILES string of the molecule is COC(=O)C[C@@H](NS(=O)(=O)c1cccc(C(C)=O)c1)c1ccc(Br)cc1. The molecule has 0 amide bonds. The lowest BCUT2D eigenvalue weighted by Gasteiger charge is -2.18. The molecular formula is C18H18BrNO5S. The van der Waals surface area contributed by atoms with Gasteiger partial charge >= 0.3 is 5.97 Å². The largest absolute Gasteiger partial charge is 0.469 e. The Kier molecular flexibility index (Phi) is 6.69. The van der Waals surface area contributed by atoms with Gasteiger partial charge in [-0.3, -0.25) is 9.59 Å². The van der Waals surface area contributed by atoms with Crippen LogP contribution in [0.3, 0.4) is 0 Å². The second-order valence-corrected chi connectivity index (χ2v) is 8.22. The summed E-state index contributed by atoms with van der Waals surface area (Å²) in [7, 11) is -2.71. The Morgan fingerprint density at radius 3 is 2.38 bits per heavy atom. The number of carbonyl (C=O) groups is 2. The first-order valence-corrected chi connectivity index (χ1v) is 9.96. The van der Waals surface area contributed by atoms with Crippen LogP contribution in [0.1, 0.15) is 35.3 Å². The summed E-state index contributed by atoms with van der Waals surface area (Å²) in [5.74, 6) is -0.779. The smallest absolute Gasteiger partial charge is 0.307 e. The number of halogens is 1. The molecule has 0 aliphatic carbocycles. The number of ketones is 1. The molecule has 1 N–H and O–H groups in total. The van der Waals surface area contributed by atoms with E-state index in [-0.39, 0.29) is 17.1 Å². The quantitative estimate of drug-likeness (QED) is 0.528. The Hall–Kier alpha value is -2.03. The van der Waals surface area contributed by atoms with Gasteiger partial charge in [0.2, 0.25) is 10.0 Å². The number of methoxy groups -OCH3 is 1. The molecule has 0 fully saturated rings. The Morgan fingerprint density at radius 1 is 1.15 bits per heavy atom. The van der Waals surface area contributed by atoms with Gasteiger partial charge in [0.1, 0.15) is 0 Å². The molecule has 0 unspecified atom stereocenters. The van der Waals surface area contributed by atoms with Gasteiger partial charge in [-0.1, -0.05) is 40.2 Å². The van der Waals surface area contributed by atoms with Gasteiger partial charge in [0.15, 0.2) is 5.78 Å². The molecule has 6 nitrogen and oxygen atoms in total. The Bertz CT molecular complexity index is 909. The standard InChI is InChI=1S/C18H18BrNO5S/c1-12(21)14-4-3-5-16(10-14)26(23,24)20-17(11-18(22)25-2)13-6-8-15(19)9-7-13/h3-10,17,20H,11H2,1-2H3/t17-/m1/s1. The lowest BCUT2D eigenvalue weighted by molar-refractivity contribution is -0.141. The van der Waals surface area contributed by atoms with Crippen LogP contribution in [0.15, 0.2) is 57.9 Å². The number of carbonyl (C=O) groups excluding carboxylic acids is 2. The van der Waals surface area contributed by atoms with Crippen LogP contribution >= 0.6 is 15.9 Å². The van der Waals surface area contributed by atoms with Gasteiger partial charge in [-0.15, -0.1) is 0 Å². The highest BCUT2D eigenvalue weighted by molar-refractivity contribution is 9.10. The molecule has 2 aromatic rings. The number of rotatable bonds is 7. The highest BCUT2D eigenvalue weighted by atomic mass is 79.9. The summed E-state index contributed by atoms with van der Waals surface area (Å²) in [5.41, 5.74) is 0.908. The predicted molar refractivity (Wildman–Crippen MR) is 100 cm³/mol. The number of Topliss-reactive ketones (excluding diaryl/α,β-unsaturated/α-hetero) is 1. The molecule has 0 aliphatic rings. The minimum absolute atomic E-state index is 0.0443. The normalized spacial score (nSPS) is 12.4. The first-order valence-electron chi connectivity index (χ1n) is 7.68. The topological polar surface area (TPSA) is 89.5 Å². The second kappa shape index (κ2) is 8.57. The molecule has 8 heteroatoms. The van der Waals surface area contributed by atoms with Crippen LogP contribution in [-0.2, 0) is 19.6 Å². The van der Waals surface area contributed by atoms with Crippen LogP contribution in [0.25, 0.3) is 0 Å². The molecule has 0 spiro atoms. The van der Waals surface area contributed by atoms with Crippen molar-refractivity contribution in [3.05, 3.63) is 64.1 Å². The van der Waals surface area contributed by atoms with Crippen LogP contribution in [0, 0.1) is 0 Å². The number of sulfonamides is 1. The van der Waals surface area contributed by atoms with E-state index in [4.69, 9.17) is 0 Å². The molecule has 0 saturated heterocycles. The summed E-state index contributed by atoms with van der Waals surface area (Å²) < 4.78 is 33.5. The number of hydrogen-bond acceptors (Lipinski definition) is 5. The van der Waals surface area contributed by atoms with E-state index in [1.165, 1.54) is 32.2 Å².